The van der Waals surface area contributed by atoms with E-state index in [9.17, 15) is 9.59 Å². The number of benzene rings is 2. The fourth-order valence-corrected chi connectivity index (χ4v) is 5.74. The predicted molar refractivity (Wildman–Crippen MR) is 159 cm³/mol. The van der Waals surface area contributed by atoms with Crippen molar-refractivity contribution in [3.63, 3.8) is 0 Å². The molecule has 204 valence electrons. The Bertz CT molecular complexity index is 1290. The average molecular weight is 633 g/mol. The van der Waals surface area contributed by atoms with Crippen molar-refractivity contribution in [3.8, 4) is 11.5 Å². The summed E-state index contributed by atoms with van der Waals surface area (Å²) < 4.78 is 14.6. The van der Waals surface area contributed by atoms with Gasteiger partial charge in [0.25, 0.3) is 0 Å². The van der Waals surface area contributed by atoms with Gasteiger partial charge in [0, 0.05) is 66.2 Å². The smallest absolute Gasteiger partial charge is 0.324 e. The molecule has 9 heteroatoms. The van der Waals surface area contributed by atoms with E-state index in [4.69, 9.17) is 9.47 Å². The molecule has 1 aliphatic heterocycles. The lowest BCUT2D eigenvalue weighted by molar-refractivity contribution is -0.129. The van der Waals surface area contributed by atoms with Gasteiger partial charge in [0.1, 0.15) is 6.54 Å². The second kappa shape index (κ2) is 12.7. The summed E-state index contributed by atoms with van der Waals surface area (Å²) in [7, 11) is 5.17. The number of anilines is 1. The Morgan fingerprint density at radius 3 is 2.66 bits per heavy atom. The van der Waals surface area contributed by atoms with E-state index in [-0.39, 0.29) is 18.5 Å². The monoisotopic (exact) mass is 632 g/mol. The summed E-state index contributed by atoms with van der Waals surface area (Å²) in [6.45, 7) is 4.92. The van der Waals surface area contributed by atoms with Crippen LogP contribution in [0.4, 0.5) is 10.5 Å². The fourth-order valence-electron chi connectivity index (χ4n) is 4.78. The van der Waals surface area contributed by atoms with Crippen LogP contribution < -0.4 is 14.4 Å². The number of rotatable bonds is 11. The van der Waals surface area contributed by atoms with Crippen LogP contribution in [0.25, 0.3) is 10.9 Å². The minimum absolute atomic E-state index is 0.0208. The number of fused-ring (bicyclic) bond motifs is 1. The lowest BCUT2D eigenvalue weighted by Gasteiger charge is -2.36. The molecule has 0 atom stereocenters. The number of aromatic nitrogens is 1. The first-order chi connectivity index (χ1) is 18.3. The number of methoxy groups -OCH3 is 1. The van der Waals surface area contributed by atoms with Crippen molar-refractivity contribution >= 4 is 51.1 Å². The number of carbonyl (C=O) groups is 2. The Kier molecular flexibility index (Phi) is 9.40. The molecule has 0 saturated carbocycles. The van der Waals surface area contributed by atoms with E-state index in [1.165, 1.54) is 0 Å². The zero-order valence-electron chi connectivity index (χ0n) is 22.7. The van der Waals surface area contributed by atoms with Crippen molar-refractivity contribution in [1.29, 1.82) is 0 Å². The van der Waals surface area contributed by atoms with E-state index in [0.717, 1.165) is 51.4 Å². The Morgan fingerprint density at radius 2 is 1.92 bits per heavy atom. The molecule has 1 aliphatic rings. The van der Waals surface area contributed by atoms with Crippen molar-refractivity contribution in [1.82, 2.24) is 14.4 Å². The van der Waals surface area contributed by atoms with E-state index in [0.29, 0.717) is 37.7 Å². The van der Waals surface area contributed by atoms with E-state index >= 15 is 0 Å². The van der Waals surface area contributed by atoms with Crippen LogP contribution in [0.1, 0.15) is 38.2 Å². The molecule has 2 aromatic carbocycles. The number of urea groups is 1. The van der Waals surface area contributed by atoms with Gasteiger partial charge in [0.05, 0.1) is 13.7 Å². The summed E-state index contributed by atoms with van der Waals surface area (Å²) in [6, 6.07) is 11.8. The molecule has 2 heterocycles. The number of ether oxygens (including phenoxy) is 2. The normalized spacial score (nSPS) is 13.8. The molecule has 0 aliphatic carbocycles. The van der Waals surface area contributed by atoms with E-state index in [1.807, 2.05) is 50.9 Å². The van der Waals surface area contributed by atoms with E-state index < -0.39 is 0 Å². The number of halogens is 1. The Morgan fingerprint density at radius 1 is 1.11 bits per heavy atom. The number of amides is 3. The van der Waals surface area contributed by atoms with Gasteiger partial charge < -0.3 is 23.8 Å². The number of unbranched alkanes of at least 4 members (excludes halogenated alkanes) is 2. The van der Waals surface area contributed by atoms with Crippen molar-refractivity contribution < 1.29 is 19.1 Å². The molecular weight excluding hydrogens is 595 g/mol. The molecule has 1 saturated heterocycles. The number of nitrogens with zero attached hydrogens (tertiary/aromatic N) is 4. The lowest BCUT2D eigenvalue weighted by atomic mass is 10.1. The van der Waals surface area contributed by atoms with Crippen molar-refractivity contribution in [3.05, 3.63) is 51.7 Å². The highest BCUT2D eigenvalue weighted by molar-refractivity contribution is 14.1. The van der Waals surface area contributed by atoms with Gasteiger partial charge in [0.2, 0.25) is 5.91 Å². The minimum Gasteiger partial charge on any atom is -0.493 e. The number of likely N-dealkylation sites (N-methyl/N-ethyl adjacent to an activating group) is 1. The lowest BCUT2D eigenvalue weighted by Crippen LogP contribution is -2.49. The molecule has 8 nitrogen and oxygen atoms in total. The van der Waals surface area contributed by atoms with Crippen LogP contribution in [0.2, 0.25) is 0 Å². The maximum absolute atomic E-state index is 13.7. The zero-order chi connectivity index (χ0) is 27.2. The maximum atomic E-state index is 13.7. The molecule has 0 spiro atoms. The van der Waals surface area contributed by atoms with Crippen molar-refractivity contribution in [2.75, 3.05) is 45.8 Å². The van der Waals surface area contributed by atoms with Gasteiger partial charge in [-0.1, -0.05) is 31.9 Å². The summed E-state index contributed by atoms with van der Waals surface area (Å²) in [5.41, 5.74) is 2.89. The summed E-state index contributed by atoms with van der Waals surface area (Å²) in [5, 5.41) is 1.09. The van der Waals surface area contributed by atoms with Gasteiger partial charge in [0.15, 0.2) is 11.5 Å². The molecule has 0 unspecified atom stereocenters. The average Bonchev–Trinajstić information content (AvgIpc) is 3.23. The first-order valence-electron chi connectivity index (χ1n) is 13.2. The van der Waals surface area contributed by atoms with Crippen LogP contribution in [0.5, 0.6) is 11.5 Å². The first-order valence-corrected chi connectivity index (χ1v) is 14.3. The second-order valence-electron chi connectivity index (χ2n) is 9.80. The number of carbonyl (C=O) groups excluding carboxylic acids is 2. The summed E-state index contributed by atoms with van der Waals surface area (Å²) in [5.74, 6) is 1.38. The van der Waals surface area contributed by atoms with Gasteiger partial charge in [-0.3, -0.25) is 9.69 Å². The number of hydrogen-bond acceptors (Lipinski definition) is 4. The highest BCUT2D eigenvalue weighted by Gasteiger charge is 2.28. The van der Waals surface area contributed by atoms with Crippen LogP contribution >= 0.6 is 22.6 Å². The molecule has 1 aromatic heterocycles. The zero-order valence-corrected chi connectivity index (χ0v) is 24.9. The standard InChI is InChI=1S/C29H37IN4O4/c1-5-6-7-16-38-26-17-22(12-13-25(26)37-4)34-15-9-14-32(29(34)36)18-21-10-8-11-24-28(21)23(30)19-33(24)20-27(35)31(2)3/h8,10-13,17,19H,5-7,9,14-16,18,20H2,1-4H3. The van der Waals surface area contributed by atoms with Gasteiger partial charge in [-0.25, -0.2) is 4.79 Å². The van der Waals surface area contributed by atoms with E-state index in [2.05, 4.69) is 35.6 Å². The summed E-state index contributed by atoms with van der Waals surface area (Å²) in [6.07, 6.45) is 6.11. The molecule has 0 bridgehead atoms. The minimum atomic E-state index is -0.0208. The van der Waals surface area contributed by atoms with Crippen LogP contribution in [0, 0.1) is 3.57 Å². The van der Waals surface area contributed by atoms with Gasteiger partial charge in [-0.2, -0.15) is 0 Å². The Labute approximate surface area is 238 Å². The topological polar surface area (TPSA) is 67.2 Å². The van der Waals surface area contributed by atoms with Crippen molar-refractivity contribution in [2.24, 2.45) is 0 Å². The SMILES string of the molecule is CCCCCOc1cc(N2CCCN(Cc3cccc4c3c(I)cn4CC(=O)N(C)C)C2=O)ccc1OC. The first kappa shape index (κ1) is 28.1. The van der Waals surface area contributed by atoms with Gasteiger partial charge in [-0.15, -0.1) is 0 Å². The molecule has 3 amide bonds. The van der Waals surface area contributed by atoms with E-state index in [1.54, 1.807) is 26.1 Å². The maximum Gasteiger partial charge on any atom is 0.324 e. The van der Waals surface area contributed by atoms with Crippen LogP contribution in [0.15, 0.2) is 42.6 Å². The quantitative estimate of drug-likeness (QED) is 0.200. The summed E-state index contributed by atoms with van der Waals surface area (Å²) >= 11 is 2.32. The predicted octanol–water partition coefficient (Wildman–Crippen LogP) is 5.74. The van der Waals surface area contributed by atoms with Crippen LogP contribution in [-0.2, 0) is 17.9 Å². The summed E-state index contributed by atoms with van der Waals surface area (Å²) in [4.78, 5) is 31.4. The fraction of sp³-hybridized carbons (Fsp3) is 0.448. The highest BCUT2D eigenvalue weighted by Crippen LogP contribution is 2.34. The third-order valence-corrected chi connectivity index (χ3v) is 7.71. The highest BCUT2D eigenvalue weighted by atomic mass is 127. The van der Waals surface area contributed by atoms with Crippen LogP contribution in [0.3, 0.4) is 0 Å². The van der Waals surface area contributed by atoms with Crippen molar-refractivity contribution in [2.45, 2.75) is 45.7 Å². The Balaban J connectivity index is 1.55. The third-order valence-electron chi connectivity index (χ3n) is 6.89. The molecule has 3 aromatic rings. The molecule has 0 N–H and O–H groups in total. The van der Waals surface area contributed by atoms with Gasteiger partial charge in [-0.05, 0) is 59.2 Å². The molecule has 38 heavy (non-hydrogen) atoms. The number of hydrogen-bond donors (Lipinski definition) is 0. The molecular formula is C29H37IN4O4. The largest absolute Gasteiger partial charge is 0.493 e. The van der Waals surface area contributed by atoms with Gasteiger partial charge >= 0.3 is 6.03 Å². The molecule has 0 radical (unpaired) electrons. The molecule has 4 rings (SSSR count). The Hall–Kier alpha value is -2.95. The molecule has 1 fully saturated rings. The van der Waals surface area contributed by atoms with Crippen LogP contribution in [-0.4, -0.2) is 67.2 Å². The third kappa shape index (κ3) is 6.19. The second-order valence-corrected chi connectivity index (χ2v) is 11.0.